The van der Waals surface area contributed by atoms with Gasteiger partial charge in [0.1, 0.15) is 5.75 Å². The standard InChI is InChI=1S/C14H20ClNO2/c15-12-5-3-7-14(18)11(12)9-16-8-10-4-1-2-6-13(10)17/h3,5,7,10,13,16-18H,1-2,4,6,8-9H2. The second kappa shape index (κ2) is 6.41. The molecule has 0 amide bonds. The van der Waals surface area contributed by atoms with E-state index >= 15 is 0 Å². The summed E-state index contributed by atoms with van der Waals surface area (Å²) in [6.45, 7) is 1.31. The van der Waals surface area contributed by atoms with Crippen LogP contribution in [0.15, 0.2) is 18.2 Å². The predicted octanol–water partition coefficient (Wildman–Crippen LogP) is 2.69. The minimum atomic E-state index is -0.189. The summed E-state index contributed by atoms with van der Waals surface area (Å²) in [4.78, 5) is 0. The number of halogens is 1. The number of hydrogen-bond donors (Lipinski definition) is 3. The highest BCUT2D eigenvalue weighted by Gasteiger charge is 2.22. The number of rotatable bonds is 4. The topological polar surface area (TPSA) is 52.5 Å². The number of aromatic hydroxyl groups is 1. The van der Waals surface area contributed by atoms with Crippen molar-refractivity contribution < 1.29 is 10.2 Å². The van der Waals surface area contributed by atoms with Crippen LogP contribution in [0.25, 0.3) is 0 Å². The minimum Gasteiger partial charge on any atom is -0.508 e. The van der Waals surface area contributed by atoms with E-state index in [4.69, 9.17) is 11.6 Å². The molecule has 3 N–H and O–H groups in total. The molecule has 1 aliphatic rings. The van der Waals surface area contributed by atoms with Crippen LogP contribution < -0.4 is 5.32 Å². The highest BCUT2D eigenvalue weighted by atomic mass is 35.5. The van der Waals surface area contributed by atoms with Crippen molar-refractivity contribution in [1.82, 2.24) is 5.32 Å². The van der Waals surface area contributed by atoms with Crippen LogP contribution in [-0.2, 0) is 6.54 Å². The van der Waals surface area contributed by atoms with Crippen LogP contribution in [0.2, 0.25) is 5.02 Å². The fraction of sp³-hybridized carbons (Fsp3) is 0.571. The van der Waals surface area contributed by atoms with Crippen molar-refractivity contribution in [3.05, 3.63) is 28.8 Å². The van der Waals surface area contributed by atoms with Gasteiger partial charge in [0.2, 0.25) is 0 Å². The number of phenolic OH excluding ortho intramolecular Hbond substituents is 1. The van der Waals surface area contributed by atoms with Gasteiger partial charge in [-0.1, -0.05) is 30.5 Å². The fourth-order valence-corrected chi connectivity index (χ4v) is 2.77. The summed E-state index contributed by atoms with van der Waals surface area (Å²) in [6, 6.07) is 5.14. The largest absolute Gasteiger partial charge is 0.508 e. The third kappa shape index (κ3) is 3.37. The zero-order valence-corrected chi connectivity index (χ0v) is 11.2. The van der Waals surface area contributed by atoms with Gasteiger partial charge in [-0.3, -0.25) is 0 Å². The number of benzene rings is 1. The molecule has 0 bridgehead atoms. The second-order valence-corrected chi connectivity index (χ2v) is 5.39. The third-order valence-corrected chi connectivity index (χ3v) is 4.03. The molecule has 100 valence electrons. The highest BCUT2D eigenvalue weighted by molar-refractivity contribution is 6.31. The molecule has 2 atom stereocenters. The zero-order chi connectivity index (χ0) is 13.0. The van der Waals surface area contributed by atoms with Crippen molar-refractivity contribution in [1.29, 1.82) is 0 Å². The normalized spacial score (nSPS) is 24.1. The van der Waals surface area contributed by atoms with Gasteiger partial charge < -0.3 is 15.5 Å². The monoisotopic (exact) mass is 269 g/mol. The van der Waals surface area contributed by atoms with Crippen LogP contribution in [-0.4, -0.2) is 22.9 Å². The van der Waals surface area contributed by atoms with Gasteiger partial charge in [0.15, 0.2) is 0 Å². The molecule has 0 heterocycles. The molecule has 2 rings (SSSR count). The number of phenols is 1. The first kappa shape index (κ1) is 13.7. The molecule has 0 radical (unpaired) electrons. The van der Waals surface area contributed by atoms with E-state index in [0.717, 1.165) is 31.4 Å². The van der Waals surface area contributed by atoms with Crippen LogP contribution >= 0.6 is 11.6 Å². The van der Waals surface area contributed by atoms with Crippen molar-refractivity contribution in [3.8, 4) is 5.75 Å². The molecule has 2 unspecified atom stereocenters. The Labute approximate surface area is 113 Å². The van der Waals surface area contributed by atoms with E-state index in [1.54, 1.807) is 18.2 Å². The van der Waals surface area contributed by atoms with E-state index in [1.165, 1.54) is 6.42 Å². The van der Waals surface area contributed by atoms with Crippen molar-refractivity contribution in [3.63, 3.8) is 0 Å². The first-order valence-corrected chi connectivity index (χ1v) is 6.91. The Bertz CT molecular complexity index is 377. The first-order valence-electron chi connectivity index (χ1n) is 6.53. The second-order valence-electron chi connectivity index (χ2n) is 4.98. The molecule has 1 fully saturated rings. The summed E-state index contributed by atoms with van der Waals surface area (Å²) in [5.41, 5.74) is 0.726. The van der Waals surface area contributed by atoms with Gasteiger partial charge in [-0.15, -0.1) is 0 Å². The Hall–Kier alpha value is -0.770. The average Bonchev–Trinajstić information content (AvgIpc) is 2.35. The fourth-order valence-electron chi connectivity index (χ4n) is 2.53. The number of nitrogens with one attached hydrogen (secondary N) is 1. The first-order chi connectivity index (χ1) is 8.68. The zero-order valence-electron chi connectivity index (χ0n) is 10.4. The summed E-state index contributed by atoms with van der Waals surface area (Å²) in [6.07, 6.45) is 4.11. The van der Waals surface area contributed by atoms with Crippen LogP contribution in [0.1, 0.15) is 31.2 Å². The van der Waals surface area contributed by atoms with E-state index in [0.29, 0.717) is 17.5 Å². The molecule has 1 aliphatic carbocycles. The number of aliphatic hydroxyl groups is 1. The van der Waals surface area contributed by atoms with Crippen LogP contribution in [0.5, 0.6) is 5.75 Å². The van der Waals surface area contributed by atoms with Gasteiger partial charge in [-0.2, -0.15) is 0 Å². The smallest absolute Gasteiger partial charge is 0.121 e. The summed E-state index contributed by atoms with van der Waals surface area (Å²) in [7, 11) is 0. The lowest BCUT2D eigenvalue weighted by Crippen LogP contribution is -2.33. The molecule has 0 aromatic heterocycles. The molecule has 4 heteroatoms. The lowest BCUT2D eigenvalue weighted by molar-refractivity contribution is 0.0695. The van der Waals surface area contributed by atoms with Crippen LogP contribution in [0, 0.1) is 5.92 Å². The van der Waals surface area contributed by atoms with Crippen molar-refractivity contribution >= 4 is 11.6 Å². The molecule has 1 aromatic carbocycles. The minimum absolute atomic E-state index is 0.189. The predicted molar refractivity (Wildman–Crippen MR) is 72.8 cm³/mol. The molecule has 18 heavy (non-hydrogen) atoms. The SMILES string of the molecule is Oc1cccc(Cl)c1CNCC1CCCCC1O. The maximum atomic E-state index is 9.86. The summed E-state index contributed by atoms with van der Waals surface area (Å²) < 4.78 is 0. The van der Waals surface area contributed by atoms with Gasteiger partial charge in [-0.05, 0) is 30.9 Å². The Morgan fingerprint density at radius 3 is 2.78 bits per heavy atom. The van der Waals surface area contributed by atoms with E-state index in [9.17, 15) is 10.2 Å². The number of aliphatic hydroxyl groups excluding tert-OH is 1. The molecule has 0 spiro atoms. The van der Waals surface area contributed by atoms with Gasteiger partial charge in [0.05, 0.1) is 6.10 Å². The van der Waals surface area contributed by atoms with Crippen molar-refractivity contribution in [2.45, 2.75) is 38.3 Å². The molecular formula is C14H20ClNO2. The van der Waals surface area contributed by atoms with Crippen molar-refractivity contribution in [2.75, 3.05) is 6.54 Å². The highest BCUT2D eigenvalue weighted by Crippen LogP contribution is 2.26. The van der Waals surface area contributed by atoms with Gasteiger partial charge >= 0.3 is 0 Å². The Balaban J connectivity index is 1.84. The summed E-state index contributed by atoms with van der Waals surface area (Å²) >= 11 is 6.03. The molecular weight excluding hydrogens is 250 g/mol. The molecule has 1 saturated carbocycles. The van der Waals surface area contributed by atoms with Gasteiger partial charge in [-0.25, -0.2) is 0 Å². The van der Waals surface area contributed by atoms with E-state index in [1.807, 2.05) is 0 Å². The molecule has 0 saturated heterocycles. The Kier molecular flexibility index (Phi) is 4.87. The van der Waals surface area contributed by atoms with Gasteiger partial charge in [0.25, 0.3) is 0 Å². The summed E-state index contributed by atoms with van der Waals surface area (Å²) in [5, 5.41) is 23.4. The van der Waals surface area contributed by atoms with Gasteiger partial charge in [0, 0.05) is 23.7 Å². The molecule has 0 aliphatic heterocycles. The molecule has 3 nitrogen and oxygen atoms in total. The maximum absolute atomic E-state index is 9.86. The van der Waals surface area contributed by atoms with Crippen LogP contribution in [0.3, 0.4) is 0 Å². The Morgan fingerprint density at radius 1 is 1.28 bits per heavy atom. The molecule has 1 aromatic rings. The van der Waals surface area contributed by atoms with Crippen molar-refractivity contribution in [2.24, 2.45) is 5.92 Å². The quantitative estimate of drug-likeness (QED) is 0.788. The maximum Gasteiger partial charge on any atom is 0.121 e. The van der Waals surface area contributed by atoms with E-state index in [2.05, 4.69) is 5.32 Å². The average molecular weight is 270 g/mol. The lowest BCUT2D eigenvalue weighted by Gasteiger charge is -2.27. The van der Waals surface area contributed by atoms with Crippen LogP contribution in [0.4, 0.5) is 0 Å². The van der Waals surface area contributed by atoms with E-state index in [-0.39, 0.29) is 11.9 Å². The Morgan fingerprint density at radius 2 is 2.06 bits per heavy atom. The number of hydrogen-bond acceptors (Lipinski definition) is 3. The third-order valence-electron chi connectivity index (χ3n) is 3.67. The summed E-state index contributed by atoms with van der Waals surface area (Å²) in [5.74, 6) is 0.544. The lowest BCUT2D eigenvalue weighted by atomic mass is 9.86. The van der Waals surface area contributed by atoms with E-state index < -0.39 is 0 Å².